The van der Waals surface area contributed by atoms with E-state index in [1.54, 1.807) is 0 Å². The molecule has 0 aliphatic heterocycles. The molecule has 0 heterocycles. The predicted molar refractivity (Wildman–Crippen MR) is 103 cm³/mol. The van der Waals surface area contributed by atoms with Crippen LogP contribution in [0.2, 0.25) is 0 Å². The molecule has 1 rings (SSSR count). The molecular formula is C10H22B4F5LiO13. The summed E-state index contributed by atoms with van der Waals surface area (Å²) in [6, 6.07) is 0. The molecular weight excluding hydrogens is 473 g/mol. The zero-order chi connectivity index (χ0) is 27.9. The molecule has 0 fully saturated rings. The van der Waals surface area contributed by atoms with Gasteiger partial charge in [-0.25, -0.2) is 0 Å². The van der Waals surface area contributed by atoms with Gasteiger partial charge < -0.3 is 65.0 Å². The van der Waals surface area contributed by atoms with Gasteiger partial charge in [0.2, 0.25) is 0 Å². The first-order chi connectivity index (χ1) is 14.8. The quantitative estimate of drug-likeness (QED) is 0.0791. The molecule has 0 aliphatic rings. The van der Waals surface area contributed by atoms with Crippen LogP contribution in [0.5, 0.6) is 0 Å². The maximum atomic E-state index is 12.4. The molecule has 13 nitrogen and oxygen atoms in total. The van der Waals surface area contributed by atoms with E-state index in [4.69, 9.17) is 65.0 Å². The van der Waals surface area contributed by atoms with Crippen LogP contribution >= 0.6 is 0 Å². The SMILES string of the molecule is CCOCC.OB(O)O.OB(O)O.OB(O)O.OB(O)O.[Li][c]1c(F)c(F)c(F)c(F)c1F. The Balaban J connectivity index is -0.000000105. The minimum atomic E-state index is -2.17. The van der Waals surface area contributed by atoms with Gasteiger partial charge in [-0.3, -0.25) is 0 Å². The van der Waals surface area contributed by atoms with Crippen molar-refractivity contribution in [3.8, 4) is 0 Å². The fourth-order valence-corrected chi connectivity index (χ4v) is 0.919. The zero-order valence-electron chi connectivity index (χ0n) is 17.4. The third kappa shape index (κ3) is 41.9. The second-order valence-electron chi connectivity index (χ2n) is 4.36. The standard InChI is InChI=1S/C6F5.C4H10O.4BH3O3.Li/c7-2-1-3(8)5(10)6(11)4(2)9;1-3-5-4-2;4*2-1(3)4;/h;3-4H2,1-2H3;4*2-4H;. The van der Waals surface area contributed by atoms with Crippen LogP contribution in [0.25, 0.3) is 0 Å². The van der Waals surface area contributed by atoms with E-state index in [0.717, 1.165) is 30.9 Å². The fraction of sp³-hybridized carbons (Fsp3) is 0.400. The normalized spacial score (nSPS) is 8.39. The summed E-state index contributed by atoms with van der Waals surface area (Å²) in [7, 11) is -8.67. The van der Waals surface area contributed by atoms with Gasteiger partial charge in [0.25, 0.3) is 0 Å². The van der Waals surface area contributed by atoms with Crippen molar-refractivity contribution in [3.05, 3.63) is 29.1 Å². The van der Waals surface area contributed by atoms with Crippen molar-refractivity contribution >= 4 is 51.2 Å². The van der Waals surface area contributed by atoms with E-state index in [1.807, 2.05) is 13.8 Å². The molecule has 0 aromatic heterocycles. The van der Waals surface area contributed by atoms with E-state index in [0.29, 0.717) is 0 Å². The summed E-state index contributed by atoms with van der Waals surface area (Å²) in [5.41, 5.74) is 0. The van der Waals surface area contributed by atoms with Gasteiger partial charge in [0.15, 0.2) is 0 Å². The summed E-state index contributed by atoms with van der Waals surface area (Å²) in [5, 5.41) is 86.0. The Bertz CT molecular complexity index is 439. The number of benzene rings is 1. The summed E-state index contributed by atoms with van der Waals surface area (Å²) in [6.07, 6.45) is 0. The third-order valence-electron chi connectivity index (χ3n) is 1.84. The predicted octanol–water partition coefficient (Wildman–Crippen LogP) is -5.99. The van der Waals surface area contributed by atoms with Crippen LogP contribution in [0.4, 0.5) is 22.0 Å². The average molecular weight is 495 g/mol. The molecule has 0 atom stereocenters. The van der Waals surface area contributed by atoms with Crippen LogP contribution < -0.4 is 4.24 Å². The van der Waals surface area contributed by atoms with Crippen LogP contribution in [0.15, 0.2) is 0 Å². The molecule has 1 aromatic carbocycles. The Morgan fingerprint density at radius 3 is 0.788 bits per heavy atom. The molecule has 12 N–H and O–H groups in total. The van der Waals surface area contributed by atoms with Crippen molar-refractivity contribution < 1.29 is 87.0 Å². The molecule has 0 saturated heterocycles. The van der Waals surface area contributed by atoms with Crippen molar-refractivity contribution in [2.45, 2.75) is 13.8 Å². The molecule has 0 bridgehead atoms. The minimum absolute atomic E-state index is 0.816. The second kappa shape index (κ2) is 27.5. The molecule has 0 amide bonds. The van der Waals surface area contributed by atoms with Gasteiger partial charge in [-0.15, -0.1) is 0 Å². The van der Waals surface area contributed by atoms with Crippen LogP contribution in [0.3, 0.4) is 0 Å². The molecule has 33 heavy (non-hydrogen) atoms. The van der Waals surface area contributed by atoms with Gasteiger partial charge in [0.05, 0.1) is 0 Å². The Morgan fingerprint density at radius 1 is 0.515 bits per heavy atom. The molecule has 0 saturated carbocycles. The maximum absolute atomic E-state index is 12.4. The van der Waals surface area contributed by atoms with E-state index in [1.165, 1.54) is 0 Å². The number of halogens is 5. The van der Waals surface area contributed by atoms with Gasteiger partial charge in [-0.1, -0.05) is 0 Å². The van der Waals surface area contributed by atoms with E-state index in [9.17, 15) is 22.0 Å². The van der Waals surface area contributed by atoms with Crippen molar-refractivity contribution in [2.75, 3.05) is 13.2 Å². The molecule has 0 aliphatic carbocycles. The van der Waals surface area contributed by atoms with Crippen LogP contribution in [0.1, 0.15) is 13.8 Å². The van der Waals surface area contributed by atoms with Gasteiger partial charge in [0.1, 0.15) is 0 Å². The number of ether oxygens (including phenoxy) is 1. The van der Waals surface area contributed by atoms with Crippen LogP contribution in [0, 0.1) is 29.1 Å². The van der Waals surface area contributed by atoms with Gasteiger partial charge in [-0.05, 0) is 13.8 Å². The van der Waals surface area contributed by atoms with E-state index >= 15 is 0 Å². The summed E-state index contributed by atoms with van der Waals surface area (Å²) >= 11 is 0.816. The van der Waals surface area contributed by atoms with Gasteiger partial charge in [0, 0.05) is 13.2 Å². The van der Waals surface area contributed by atoms with Crippen molar-refractivity contribution in [1.82, 2.24) is 0 Å². The molecule has 0 unspecified atom stereocenters. The van der Waals surface area contributed by atoms with Crippen LogP contribution in [-0.2, 0) is 4.74 Å². The number of hydrogen-bond donors (Lipinski definition) is 12. The van der Waals surface area contributed by atoms with Crippen LogP contribution in [-0.4, -0.2) is 121 Å². The molecule has 0 spiro atoms. The third-order valence-corrected chi connectivity index (χ3v) is 1.84. The Morgan fingerprint density at radius 2 is 0.667 bits per heavy atom. The van der Waals surface area contributed by atoms with Gasteiger partial charge >= 0.3 is 102 Å². The van der Waals surface area contributed by atoms with Crippen molar-refractivity contribution in [3.63, 3.8) is 0 Å². The Hall–Kier alpha value is -0.793. The first kappa shape index (κ1) is 42.4. The van der Waals surface area contributed by atoms with E-state index in [-0.39, 0.29) is 0 Å². The Kier molecular flexibility index (Phi) is 35.2. The molecule has 23 heteroatoms. The topological polar surface area (TPSA) is 252 Å². The first-order valence-electron chi connectivity index (χ1n) is 8.03. The Labute approximate surface area is 194 Å². The van der Waals surface area contributed by atoms with Crippen molar-refractivity contribution in [2.24, 2.45) is 0 Å². The number of rotatable bonds is 2. The van der Waals surface area contributed by atoms with Gasteiger partial charge in [-0.2, -0.15) is 0 Å². The summed E-state index contributed by atoms with van der Waals surface area (Å²) < 4.78 is 65.5. The van der Waals surface area contributed by atoms with E-state index in [2.05, 4.69) is 0 Å². The summed E-state index contributed by atoms with van der Waals surface area (Å²) in [5.74, 6) is -9.52. The van der Waals surface area contributed by atoms with Crippen molar-refractivity contribution in [1.29, 1.82) is 0 Å². The zero-order valence-corrected chi connectivity index (χ0v) is 17.4. The number of hydrogen-bond acceptors (Lipinski definition) is 13. The summed E-state index contributed by atoms with van der Waals surface area (Å²) in [6.45, 7) is 5.67. The monoisotopic (exact) mass is 496 g/mol. The molecule has 0 radical (unpaired) electrons. The molecule has 188 valence electrons. The first-order valence-corrected chi connectivity index (χ1v) is 8.03. The fourth-order valence-electron chi connectivity index (χ4n) is 0.919. The average Bonchev–Trinajstić information content (AvgIpc) is 2.63. The second-order valence-corrected chi connectivity index (χ2v) is 4.36. The van der Waals surface area contributed by atoms with E-state index < -0.39 is 62.6 Å². The summed E-state index contributed by atoms with van der Waals surface area (Å²) in [4.78, 5) is 0. The molecule has 1 aromatic rings.